The van der Waals surface area contributed by atoms with Crippen molar-refractivity contribution >= 4 is 64.6 Å². The van der Waals surface area contributed by atoms with Gasteiger partial charge in [-0.1, -0.05) is 78.9 Å². The quantitative estimate of drug-likeness (QED) is 0.191. The SMILES string of the molecule is c1ccc2c(c1)ccc1cc3c(cc4ccc5cccc6ccc3c4c56)cc12. The highest BCUT2D eigenvalue weighted by molar-refractivity contribution is 6.30. The lowest BCUT2D eigenvalue weighted by molar-refractivity contribution is 1.79. The highest BCUT2D eigenvalue weighted by Crippen LogP contribution is 2.40. The van der Waals surface area contributed by atoms with Gasteiger partial charge in [0.25, 0.3) is 0 Å². The largest absolute Gasteiger partial charge is 0.0616 e. The van der Waals surface area contributed by atoms with Gasteiger partial charge in [-0.15, -0.1) is 0 Å². The van der Waals surface area contributed by atoms with E-state index in [1.54, 1.807) is 0 Å². The van der Waals surface area contributed by atoms with Crippen LogP contribution in [0.3, 0.4) is 0 Å². The molecule has 0 heterocycles. The molecule has 0 atom stereocenters. The van der Waals surface area contributed by atoms with Crippen LogP contribution in [0.2, 0.25) is 0 Å². The molecule has 7 aromatic carbocycles. The van der Waals surface area contributed by atoms with E-state index in [1.807, 2.05) is 0 Å². The fourth-order valence-corrected chi connectivity index (χ4v) is 5.05. The first-order valence-electron chi connectivity index (χ1n) is 9.79. The normalized spacial score (nSPS) is 12.3. The van der Waals surface area contributed by atoms with Gasteiger partial charge < -0.3 is 0 Å². The number of hydrogen-bond donors (Lipinski definition) is 0. The summed E-state index contributed by atoms with van der Waals surface area (Å²) in [6.45, 7) is 0. The Morgan fingerprint density at radius 1 is 0.286 bits per heavy atom. The minimum Gasteiger partial charge on any atom is -0.0616 e. The van der Waals surface area contributed by atoms with Gasteiger partial charge in [-0.25, -0.2) is 0 Å². The van der Waals surface area contributed by atoms with Crippen molar-refractivity contribution in [1.29, 1.82) is 0 Å². The van der Waals surface area contributed by atoms with E-state index in [9.17, 15) is 0 Å². The van der Waals surface area contributed by atoms with E-state index in [1.165, 1.54) is 64.6 Å². The van der Waals surface area contributed by atoms with E-state index in [0.29, 0.717) is 0 Å². The molecule has 7 aromatic rings. The van der Waals surface area contributed by atoms with Crippen molar-refractivity contribution in [3.63, 3.8) is 0 Å². The fourth-order valence-electron chi connectivity index (χ4n) is 5.05. The molecule has 0 spiro atoms. The molecule has 0 aliphatic heterocycles. The Balaban J connectivity index is 1.75. The first kappa shape index (κ1) is 14.4. The van der Waals surface area contributed by atoms with E-state index in [0.717, 1.165) is 0 Å². The molecule has 0 radical (unpaired) electrons. The van der Waals surface area contributed by atoms with Gasteiger partial charge in [-0.3, -0.25) is 0 Å². The third-order valence-corrected chi connectivity index (χ3v) is 6.33. The Labute approximate surface area is 162 Å². The van der Waals surface area contributed by atoms with Gasteiger partial charge >= 0.3 is 0 Å². The van der Waals surface area contributed by atoms with Crippen LogP contribution in [0.15, 0.2) is 97.1 Å². The maximum absolute atomic E-state index is 2.38. The molecule has 0 amide bonds. The first-order valence-corrected chi connectivity index (χ1v) is 9.79. The lowest BCUT2D eigenvalue weighted by atomic mass is 9.89. The second-order valence-corrected chi connectivity index (χ2v) is 7.81. The fraction of sp³-hybridized carbons (Fsp3) is 0. The van der Waals surface area contributed by atoms with Crippen LogP contribution in [0.5, 0.6) is 0 Å². The molecule has 0 N–H and O–H groups in total. The van der Waals surface area contributed by atoms with Crippen LogP contribution in [-0.4, -0.2) is 0 Å². The molecule has 0 heteroatoms. The lowest BCUT2D eigenvalue weighted by Crippen LogP contribution is -1.86. The third kappa shape index (κ3) is 1.75. The molecule has 0 saturated heterocycles. The summed E-state index contributed by atoms with van der Waals surface area (Å²) < 4.78 is 0. The van der Waals surface area contributed by atoms with Crippen molar-refractivity contribution in [1.82, 2.24) is 0 Å². The number of hydrogen-bond acceptors (Lipinski definition) is 0. The number of rotatable bonds is 0. The molecule has 28 heavy (non-hydrogen) atoms. The summed E-state index contributed by atoms with van der Waals surface area (Å²) in [5, 5.41) is 16.0. The Hall–Kier alpha value is -3.64. The predicted octanol–water partition coefficient (Wildman–Crippen LogP) is 8.04. The molecular weight excluding hydrogens is 336 g/mol. The summed E-state index contributed by atoms with van der Waals surface area (Å²) in [4.78, 5) is 0. The zero-order valence-electron chi connectivity index (χ0n) is 15.2. The minimum absolute atomic E-state index is 1.30. The van der Waals surface area contributed by atoms with Gasteiger partial charge in [0.15, 0.2) is 0 Å². The Bertz CT molecular complexity index is 1690. The summed E-state index contributed by atoms with van der Waals surface area (Å²) in [7, 11) is 0. The van der Waals surface area contributed by atoms with Crippen LogP contribution in [-0.2, 0) is 0 Å². The molecule has 0 aliphatic carbocycles. The maximum atomic E-state index is 2.38. The molecular formula is C28H16. The predicted molar refractivity (Wildman–Crippen MR) is 123 cm³/mol. The topological polar surface area (TPSA) is 0 Å². The van der Waals surface area contributed by atoms with Crippen molar-refractivity contribution in [3.05, 3.63) is 97.1 Å². The number of benzene rings is 7. The van der Waals surface area contributed by atoms with Crippen molar-refractivity contribution in [2.24, 2.45) is 0 Å². The molecule has 0 nitrogen and oxygen atoms in total. The van der Waals surface area contributed by atoms with E-state index in [4.69, 9.17) is 0 Å². The van der Waals surface area contributed by atoms with E-state index >= 15 is 0 Å². The maximum Gasteiger partial charge on any atom is -0.00203 e. The summed E-state index contributed by atoms with van der Waals surface area (Å²) in [6, 6.07) is 36.0. The molecule has 7 rings (SSSR count). The summed E-state index contributed by atoms with van der Waals surface area (Å²) >= 11 is 0. The van der Waals surface area contributed by atoms with Crippen LogP contribution in [0.25, 0.3) is 64.6 Å². The highest BCUT2D eigenvalue weighted by atomic mass is 14.1. The van der Waals surface area contributed by atoms with E-state index in [2.05, 4.69) is 97.1 Å². The van der Waals surface area contributed by atoms with Gasteiger partial charge in [-0.05, 0) is 82.8 Å². The average Bonchev–Trinajstić information content (AvgIpc) is 2.76. The Kier molecular flexibility index (Phi) is 2.57. The minimum atomic E-state index is 1.30. The summed E-state index contributed by atoms with van der Waals surface area (Å²) in [6.07, 6.45) is 0. The Morgan fingerprint density at radius 2 is 0.929 bits per heavy atom. The highest BCUT2D eigenvalue weighted by Gasteiger charge is 2.12. The Morgan fingerprint density at radius 3 is 1.86 bits per heavy atom. The van der Waals surface area contributed by atoms with Gasteiger partial charge in [0.05, 0.1) is 0 Å². The number of fused-ring (bicyclic) bond motifs is 5. The smallest absolute Gasteiger partial charge is 0.00203 e. The van der Waals surface area contributed by atoms with E-state index in [-0.39, 0.29) is 0 Å². The second-order valence-electron chi connectivity index (χ2n) is 7.81. The van der Waals surface area contributed by atoms with Crippen molar-refractivity contribution < 1.29 is 0 Å². The van der Waals surface area contributed by atoms with Crippen LogP contribution in [0.1, 0.15) is 0 Å². The van der Waals surface area contributed by atoms with Gasteiger partial charge in [0.2, 0.25) is 0 Å². The monoisotopic (exact) mass is 352 g/mol. The molecule has 0 saturated carbocycles. The molecule has 0 aliphatic rings. The van der Waals surface area contributed by atoms with Gasteiger partial charge in [-0.2, -0.15) is 0 Å². The van der Waals surface area contributed by atoms with Crippen LogP contribution in [0.4, 0.5) is 0 Å². The van der Waals surface area contributed by atoms with Crippen LogP contribution in [0, 0.1) is 0 Å². The average molecular weight is 352 g/mol. The van der Waals surface area contributed by atoms with Crippen molar-refractivity contribution in [2.75, 3.05) is 0 Å². The first-order chi connectivity index (χ1) is 13.9. The zero-order valence-corrected chi connectivity index (χ0v) is 15.2. The third-order valence-electron chi connectivity index (χ3n) is 6.33. The van der Waals surface area contributed by atoms with Crippen molar-refractivity contribution in [3.8, 4) is 0 Å². The van der Waals surface area contributed by atoms with Crippen LogP contribution < -0.4 is 0 Å². The molecule has 0 fully saturated rings. The molecule has 128 valence electrons. The lowest BCUT2D eigenvalue weighted by Gasteiger charge is -2.14. The second kappa shape index (κ2) is 4.99. The molecule has 0 bridgehead atoms. The van der Waals surface area contributed by atoms with Crippen LogP contribution >= 0.6 is 0 Å². The van der Waals surface area contributed by atoms with Crippen molar-refractivity contribution in [2.45, 2.75) is 0 Å². The summed E-state index contributed by atoms with van der Waals surface area (Å²) in [5.41, 5.74) is 0. The van der Waals surface area contributed by atoms with Gasteiger partial charge in [0.1, 0.15) is 0 Å². The summed E-state index contributed by atoms with van der Waals surface area (Å²) in [5.74, 6) is 0. The van der Waals surface area contributed by atoms with E-state index < -0.39 is 0 Å². The zero-order chi connectivity index (χ0) is 18.2. The standard InChI is InChI=1S/C28H16/c1-2-7-23-17(4-1)8-10-20-15-26-22(16-25(20)23)14-21-11-9-18-5-3-6-19-12-13-24(26)28(21)27(18)19/h1-16H. The van der Waals surface area contributed by atoms with Gasteiger partial charge in [0, 0.05) is 0 Å². The molecule has 0 aromatic heterocycles. The molecule has 0 unspecified atom stereocenters.